The maximum absolute atomic E-state index is 12.5. The molecule has 0 aliphatic carbocycles. The van der Waals surface area contributed by atoms with E-state index in [1.54, 1.807) is 31.2 Å². The monoisotopic (exact) mass is 476 g/mol. The fourth-order valence-corrected chi connectivity index (χ4v) is 3.68. The lowest BCUT2D eigenvalue weighted by atomic mass is 10.2. The Hall–Kier alpha value is -3.21. The largest absolute Gasteiger partial charge is 0.452 e. The van der Waals surface area contributed by atoms with E-state index in [2.05, 4.69) is 10.3 Å². The van der Waals surface area contributed by atoms with Crippen LogP contribution in [0.3, 0.4) is 0 Å². The summed E-state index contributed by atoms with van der Waals surface area (Å²) in [5, 5.41) is 8.07. The molecule has 0 fully saturated rings. The number of halogens is 1. The molecule has 0 aliphatic rings. The highest BCUT2D eigenvalue weighted by Crippen LogP contribution is 2.19. The van der Waals surface area contributed by atoms with Crippen LogP contribution in [0, 0.1) is 13.8 Å². The van der Waals surface area contributed by atoms with E-state index in [9.17, 15) is 18.0 Å². The number of hydrogen-bond donors (Lipinski definition) is 2. The van der Waals surface area contributed by atoms with Gasteiger partial charge in [-0.3, -0.25) is 4.79 Å². The van der Waals surface area contributed by atoms with Gasteiger partial charge in [0.1, 0.15) is 5.82 Å². The van der Waals surface area contributed by atoms with E-state index >= 15 is 0 Å². The van der Waals surface area contributed by atoms with Crippen LogP contribution in [0.1, 0.15) is 27.3 Å². The van der Waals surface area contributed by atoms with Crippen molar-refractivity contribution in [2.75, 3.05) is 11.9 Å². The van der Waals surface area contributed by atoms with Gasteiger partial charge in [0.25, 0.3) is 5.91 Å². The van der Waals surface area contributed by atoms with Crippen LogP contribution < -0.4 is 10.5 Å². The fraction of sp³-hybridized carbons (Fsp3) is 0.190. The molecule has 0 saturated heterocycles. The standard InChI is InChI=1S/C21H21ClN4O5S/c1-13-9-18(21(28)31-12-20(27)25-19-8-5-16(22)10-24-19)14(2)26(13)11-15-3-6-17(7-4-15)32(23,29)30/h3-10H,11-12H2,1-2H3,(H2,23,29,30)(H,24,25,27). The number of nitrogens with two attached hydrogens (primary N) is 1. The van der Waals surface area contributed by atoms with Crippen LogP contribution in [-0.2, 0) is 26.1 Å². The van der Waals surface area contributed by atoms with Gasteiger partial charge in [-0.1, -0.05) is 23.7 Å². The zero-order chi connectivity index (χ0) is 23.5. The lowest BCUT2D eigenvalue weighted by Gasteiger charge is -2.11. The number of carbonyl (C=O) groups excluding carboxylic acids is 2. The number of hydrogen-bond acceptors (Lipinski definition) is 6. The average molecular weight is 477 g/mol. The number of nitrogens with one attached hydrogen (secondary N) is 1. The molecule has 0 aliphatic heterocycles. The average Bonchev–Trinajstić information content (AvgIpc) is 3.02. The van der Waals surface area contributed by atoms with Crippen molar-refractivity contribution in [2.24, 2.45) is 5.14 Å². The summed E-state index contributed by atoms with van der Waals surface area (Å²) < 4.78 is 29.8. The lowest BCUT2D eigenvalue weighted by Crippen LogP contribution is -2.21. The summed E-state index contributed by atoms with van der Waals surface area (Å²) in [5.41, 5.74) is 2.62. The predicted molar refractivity (Wildman–Crippen MR) is 119 cm³/mol. The first kappa shape index (κ1) is 23.5. The van der Waals surface area contributed by atoms with Crippen molar-refractivity contribution in [3.8, 4) is 0 Å². The Labute approximate surface area is 190 Å². The zero-order valence-corrected chi connectivity index (χ0v) is 18.9. The van der Waals surface area contributed by atoms with Crippen molar-refractivity contribution in [3.63, 3.8) is 0 Å². The summed E-state index contributed by atoms with van der Waals surface area (Å²) in [6.45, 7) is 3.54. The molecule has 3 aromatic rings. The van der Waals surface area contributed by atoms with Gasteiger partial charge in [0.2, 0.25) is 10.0 Å². The number of nitrogens with zero attached hydrogens (tertiary/aromatic N) is 2. The van der Waals surface area contributed by atoms with Crippen molar-refractivity contribution >= 4 is 39.3 Å². The molecule has 0 atom stereocenters. The molecular formula is C21H21ClN4O5S. The van der Waals surface area contributed by atoms with Crippen LogP contribution in [0.4, 0.5) is 5.82 Å². The fourth-order valence-electron chi connectivity index (χ4n) is 3.06. The number of anilines is 1. The highest BCUT2D eigenvalue weighted by atomic mass is 35.5. The third kappa shape index (κ3) is 5.72. The normalized spacial score (nSPS) is 11.2. The maximum Gasteiger partial charge on any atom is 0.340 e. The summed E-state index contributed by atoms with van der Waals surface area (Å²) >= 11 is 5.75. The van der Waals surface area contributed by atoms with Gasteiger partial charge in [0.05, 0.1) is 15.5 Å². The van der Waals surface area contributed by atoms with Gasteiger partial charge < -0.3 is 14.6 Å². The zero-order valence-electron chi connectivity index (χ0n) is 17.3. The van der Waals surface area contributed by atoms with Crippen molar-refractivity contribution in [3.05, 3.63) is 76.2 Å². The molecule has 9 nitrogen and oxygen atoms in total. The molecule has 3 rings (SSSR count). The minimum absolute atomic E-state index is 0.0264. The van der Waals surface area contributed by atoms with Crippen LogP contribution >= 0.6 is 11.6 Å². The second kappa shape index (κ2) is 9.51. The second-order valence-electron chi connectivity index (χ2n) is 7.05. The SMILES string of the molecule is Cc1cc(C(=O)OCC(=O)Nc2ccc(Cl)cn2)c(C)n1Cc1ccc(S(N)(=O)=O)cc1. The summed E-state index contributed by atoms with van der Waals surface area (Å²) in [4.78, 5) is 28.5. The molecule has 1 aromatic carbocycles. The van der Waals surface area contributed by atoms with Gasteiger partial charge in [-0.2, -0.15) is 0 Å². The van der Waals surface area contributed by atoms with Gasteiger partial charge in [0.15, 0.2) is 6.61 Å². The molecular weight excluding hydrogens is 456 g/mol. The Balaban J connectivity index is 1.65. The topological polar surface area (TPSA) is 133 Å². The number of amides is 1. The number of primary sulfonamides is 1. The van der Waals surface area contributed by atoms with Crippen molar-refractivity contribution < 1.29 is 22.7 Å². The molecule has 0 spiro atoms. The smallest absolute Gasteiger partial charge is 0.340 e. The molecule has 2 aromatic heterocycles. The van der Waals surface area contributed by atoms with Gasteiger partial charge in [-0.15, -0.1) is 0 Å². The molecule has 0 bridgehead atoms. The molecule has 32 heavy (non-hydrogen) atoms. The number of carbonyl (C=O) groups is 2. The van der Waals surface area contributed by atoms with E-state index < -0.39 is 28.5 Å². The van der Waals surface area contributed by atoms with Crippen LogP contribution in [0.2, 0.25) is 5.02 Å². The highest BCUT2D eigenvalue weighted by molar-refractivity contribution is 7.89. The first-order chi connectivity index (χ1) is 15.0. The first-order valence-electron chi connectivity index (χ1n) is 9.41. The quantitative estimate of drug-likeness (QED) is 0.503. The summed E-state index contributed by atoms with van der Waals surface area (Å²) in [6.07, 6.45) is 1.39. The Morgan fingerprint density at radius 3 is 2.44 bits per heavy atom. The number of sulfonamides is 1. The minimum Gasteiger partial charge on any atom is -0.452 e. The number of benzene rings is 1. The van der Waals surface area contributed by atoms with Gasteiger partial charge in [-0.05, 0) is 49.7 Å². The molecule has 3 N–H and O–H groups in total. The van der Waals surface area contributed by atoms with Gasteiger partial charge >= 0.3 is 5.97 Å². The van der Waals surface area contributed by atoms with E-state index in [1.165, 1.54) is 24.4 Å². The van der Waals surface area contributed by atoms with Crippen molar-refractivity contribution in [2.45, 2.75) is 25.3 Å². The number of ether oxygens (including phenoxy) is 1. The van der Waals surface area contributed by atoms with E-state index in [-0.39, 0.29) is 4.90 Å². The molecule has 0 saturated carbocycles. The number of pyridine rings is 1. The van der Waals surface area contributed by atoms with Gasteiger partial charge in [-0.25, -0.2) is 23.3 Å². The van der Waals surface area contributed by atoms with Crippen LogP contribution in [-0.4, -0.2) is 36.5 Å². The third-order valence-electron chi connectivity index (χ3n) is 4.72. The number of rotatable bonds is 7. The maximum atomic E-state index is 12.5. The Morgan fingerprint density at radius 2 is 1.84 bits per heavy atom. The first-order valence-corrected chi connectivity index (χ1v) is 11.3. The van der Waals surface area contributed by atoms with Crippen LogP contribution in [0.5, 0.6) is 0 Å². The molecule has 2 heterocycles. The Kier molecular flexibility index (Phi) is 6.97. The molecule has 11 heteroatoms. The second-order valence-corrected chi connectivity index (χ2v) is 9.04. The third-order valence-corrected chi connectivity index (χ3v) is 5.87. The number of aromatic nitrogens is 2. The summed E-state index contributed by atoms with van der Waals surface area (Å²) in [7, 11) is -3.76. The van der Waals surface area contributed by atoms with Crippen molar-refractivity contribution in [1.29, 1.82) is 0 Å². The van der Waals surface area contributed by atoms with Crippen LogP contribution in [0.25, 0.3) is 0 Å². The van der Waals surface area contributed by atoms with E-state index in [0.29, 0.717) is 28.6 Å². The van der Waals surface area contributed by atoms with E-state index in [1.807, 2.05) is 11.5 Å². The molecule has 0 radical (unpaired) electrons. The van der Waals surface area contributed by atoms with Gasteiger partial charge in [0, 0.05) is 24.1 Å². The highest BCUT2D eigenvalue weighted by Gasteiger charge is 2.18. The predicted octanol–water partition coefficient (Wildman–Crippen LogP) is 2.64. The minimum atomic E-state index is -3.76. The molecule has 0 unspecified atom stereocenters. The Bertz CT molecular complexity index is 1250. The van der Waals surface area contributed by atoms with E-state index in [0.717, 1.165) is 11.3 Å². The summed E-state index contributed by atoms with van der Waals surface area (Å²) in [5.74, 6) is -0.868. The molecule has 168 valence electrons. The number of aryl methyl sites for hydroxylation is 1. The van der Waals surface area contributed by atoms with Crippen LogP contribution in [0.15, 0.2) is 53.6 Å². The lowest BCUT2D eigenvalue weighted by molar-refractivity contribution is -0.119. The summed E-state index contributed by atoms with van der Waals surface area (Å²) in [6, 6.07) is 11.0. The van der Waals surface area contributed by atoms with Crippen molar-refractivity contribution in [1.82, 2.24) is 9.55 Å². The molecule has 1 amide bonds. The Morgan fingerprint density at radius 1 is 1.16 bits per heavy atom. The number of esters is 1. The van der Waals surface area contributed by atoms with E-state index in [4.69, 9.17) is 21.5 Å².